The normalized spacial score (nSPS) is 14.4. The number of nitro groups is 1. The van der Waals surface area contributed by atoms with Crippen LogP contribution in [-0.4, -0.2) is 22.1 Å². The van der Waals surface area contributed by atoms with Gasteiger partial charge < -0.3 is 9.47 Å². The van der Waals surface area contributed by atoms with Crippen LogP contribution in [0, 0.1) is 13.7 Å². The Kier molecular flexibility index (Phi) is 9.80. The van der Waals surface area contributed by atoms with Crippen molar-refractivity contribution in [3.63, 3.8) is 0 Å². The van der Waals surface area contributed by atoms with Crippen LogP contribution in [0.5, 0.6) is 5.75 Å². The van der Waals surface area contributed by atoms with Gasteiger partial charge in [0.15, 0.2) is 4.80 Å². The third-order valence-corrected chi connectivity index (χ3v) is 9.59. The van der Waals surface area contributed by atoms with E-state index < -0.39 is 16.9 Å². The lowest BCUT2D eigenvalue weighted by Crippen LogP contribution is -2.40. The molecule has 0 spiro atoms. The second-order valence-electron chi connectivity index (χ2n) is 10.4. The number of aromatic nitrogens is 1. The van der Waals surface area contributed by atoms with Gasteiger partial charge in [0.25, 0.3) is 11.2 Å². The molecule has 0 amide bonds. The zero-order valence-corrected chi connectivity index (χ0v) is 29.3. The molecule has 0 fully saturated rings. The molecule has 1 aliphatic heterocycles. The van der Waals surface area contributed by atoms with Crippen LogP contribution in [0.25, 0.3) is 11.8 Å². The lowest BCUT2D eigenvalue weighted by atomic mass is 9.93. The Labute approximate surface area is 294 Å². The molecule has 1 atom stereocenters. The van der Waals surface area contributed by atoms with Crippen molar-refractivity contribution in [2.75, 3.05) is 6.61 Å². The van der Waals surface area contributed by atoms with E-state index >= 15 is 0 Å². The number of esters is 1. The van der Waals surface area contributed by atoms with E-state index in [0.717, 1.165) is 24.7 Å². The van der Waals surface area contributed by atoms with Crippen molar-refractivity contribution in [1.29, 1.82) is 0 Å². The van der Waals surface area contributed by atoms with Crippen molar-refractivity contribution in [2.24, 2.45) is 4.99 Å². The molecule has 0 aliphatic carbocycles. The molecule has 0 N–H and O–H groups in total. The van der Waals surface area contributed by atoms with Gasteiger partial charge in [0.2, 0.25) is 0 Å². The Bertz CT molecular complexity index is 2200. The summed E-state index contributed by atoms with van der Waals surface area (Å²) in [7, 11) is 0. The molecule has 9 nitrogen and oxygen atoms in total. The molecule has 0 saturated carbocycles. The third-order valence-electron chi connectivity index (χ3n) is 7.34. The summed E-state index contributed by atoms with van der Waals surface area (Å²) in [5, 5.41) is 11.1. The van der Waals surface area contributed by atoms with Gasteiger partial charge >= 0.3 is 5.97 Å². The van der Waals surface area contributed by atoms with Gasteiger partial charge in [0.1, 0.15) is 12.4 Å². The van der Waals surface area contributed by atoms with Crippen LogP contribution in [0.4, 0.5) is 5.69 Å². The minimum Gasteiger partial charge on any atom is -0.487 e. The number of nitro benzene ring substituents is 1. The van der Waals surface area contributed by atoms with Crippen LogP contribution >= 0.6 is 49.9 Å². The molecule has 1 aliphatic rings. The fourth-order valence-corrected chi connectivity index (χ4v) is 7.94. The molecule has 4 aromatic carbocycles. The topological polar surface area (TPSA) is 113 Å². The second kappa shape index (κ2) is 14.2. The Balaban J connectivity index is 1.51. The van der Waals surface area contributed by atoms with E-state index in [1.807, 2.05) is 72.8 Å². The van der Waals surface area contributed by atoms with Crippen LogP contribution in [-0.2, 0) is 16.1 Å². The molecule has 2 heterocycles. The summed E-state index contributed by atoms with van der Waals surface area (Å²) in [4.78, 5) is 43.9. The number of fused-ring (bicyclic) bond motifs is 1. The lowest BCUT2D eigenvalue weighted by molar-refractivity contribution is -0.384. The van der Waals surface area contributed by atoms with Crippen molar-refractivity contribution < 1.29 is 19.2 Å². The first-order valence-corrected chi connectivity index (χ1v) is 17.1. The van der Waals surface area contributed by atoms with E-state index in [0.29, 0.717) is 26.3 Å². The van der Waals surface area contributed by atoms with Gasteiger partial charge in [-0.2, -0.15) is 0 Å². The molecular weight excluding hydrogens is 797 g/mol. The molecule has 47 heavy (non-hydrogen) atoms. The smallest absolute Gasteiger partial charge is 0.338 e. The number of non-ortho nitro benzene ring substituents is 1. The van der Waals surface area contributed by atoms with E-state index in [2.05, 4.69) is 38.5 Å². The van der Waals surface area contributed by atoms with Crippen LogP contribution in [0.15, 0.2) is 117 Å². The summed E-state index contributed by atoms with van der Waals surface area (Å²) in [6.07, 6.45) is 1.76. The van der Waals surface area contributed by atoms with Gasteiger partial charge in [-0.15, -0.1) is 0 Å². The molecule has 12 heteroatoms. The maximum absolute atomic E-state index is 14.3. The van der Waals surface area contributed by atoms with Crippen molar-refractivity contribution >= 4 is 73.3 Å². The predicted molar refractivity (Wildman–Crippen MR) is 192 cm³/mol. The van der Waals surface area contributed by atoms with Crippen molar-refractivity contribution in [3.8, 4) is 5.75 Å². The number of hydrogen-bond acceptors (Lipinski definition) is 8. The SMILES string of the molecule is CCOC(=O)C1=C(c2ccccc2)N=c2s/c(=C\c3cc(Br)cc(I)c3OCc3ccc([N+](=O)[O-])cc3)c(=O)n2[C@H]1c1ccccc1. The summed E-state index contributed by atoms with van der Waals surface area (Å²) in [6.45, 7) is 2.07. The monoisotopic (exact) mass is 821 g/mol. The van der Waals surface area contributed by atoms with Gasteiger partial charge in [-0.1, -0.05) is 87.9 Å². The quantitative estimate of drug-likeness (QED) is 0.0701. The van der Waals surface area contributed by atoms with E-state index in [1.54, 1.807) is 29.7 Å². The van der Waals surface area contributed by atoms with E-state index in [9.17, 15) is 19.7 Å². The Morgan fingerprint density at radius 1 is 1.06 bits per heavy atom. The summed E-state index contributed by atoms with van der Waals surface area (Å²) in [5.41, 5.74) is 3.31. The van der Waals surface area contributed by atoms with Gasteiger partial charge in [-0.25, -0.2) is 9.79 Å². The van der Waals surface area contributed by atoms with E-state index in [4.69, 9.17) is 14.5 Å². The molecular formula is C35H25BrIN3O6S. The van der Waals surface area contributed by atoms with Gasteiger partial charge in [-0.3, -0.25) is 19.5 Å². The van der Waals surface area contributed by atoms with Gasteiger partial charge in [-0.05, 0) is 71.0 Å². The molecule has 6 rings (SSSR count). The predicted octanol–water partition coefficient (Wildman–Crippen LogP) is 6.79. The van der Waals surface area contributed by atoms with Crippen LogP contribution in [0.3, 0.4) is 0 Å². The number of rotatable bonds is 9. The average molecular weight is 822 g/mol. The highest BCUT2D eigenvalue weighted by Crippen LogP contribution is 2.35. The van der Waals surface area contributed by atoms with E-state index in [-0.39, 0.29) is 30.0 Å². The Hall–Kier alpha value is -4.40. The number of ether oxygens (including phenoxy) is 2. The minimum atomic E-state index is -0.774. The zero-order valence-electron chi connectivity index (χ0n) is 24.8. The first kappa shape index (κ1) is 32.5. The highest BCUT2D eigenvalue weighted by Gasteiger charge is 2.35. The van der Waals surface area contributed by atoms with Crippen molar-refractivity contribution in [3.05, 3.63) is 163 Å². The first-order valence-electron chi connectivity index (χ1n) is 14.4. The highest BCUT2D eigenvalue weighted by molar-refractivity contribution is 14.1. The molecule has 236 valence electrons. The van der Waals surface area contributed by atoms with Crippen molar-refractivity contribution in [2.45, 2.75) is 19.6 Å². The number of nitrogens with zero attached hydrogens (tertiary/aromatic N) is 3. The summed E-state index contributed by atoms with van der Waals surface area (Å²) in [5.74, 6) is 0.0106. The summed E-state index contributed by atoms with van der Waals surface area (Å²) >= 11 is 6.96. The summed E-state index contributed by atoms with van der Waals surface area (Å²) < 4.78 is 15.3. The third kappa shape index (κ3) is 6.85. The number of carbonyl (C=O) groups excluding carboxylic acids is 1. The lowest BCUT2D eigenvalue weighted by Gasteiger charge is -2.25. The first-order chi connectivity index (χ1) is 22.7. The average Bonchev–Trinajstić information content (AvgIpc) is 3.38. The van der Waals surface area contributed by atoms with E-state index in [1.165, 1.54) is 23.5 Å². The number of halogens is 2. The molecule has 0 bridgehead atoms. The molecule has 0 radical (unpaired) electrons. The molecule has 0 unspecified atom stereocenters. The number of hydrogen-bond donors (Lipinski definition) is 0. The molecule has 1 aromatic heterocycles. The number of benzene rings is 4. The van der Waals surface area contributed by atoms with Crippen molar-refractivity contribution in [1.82, 2.24) is 4.57 Å². The summed E-state index contributed by atoms with van der Waals surface area (Å²) in [6, 6.07) is 27.9. The maximum Gasteiger partial charge on any atom is 0.338 e. The van der Waals surface area contributed by atoms with Crippen LogP contribution in [0.2, 0.25) is 0 Å². The van der Waals surface area contributed by atoms with Crippen LogP contribution in [0.1, 0.15) is 35.2 Å². The minimum absolute atomic E-state index is 0.00150. The second-order valence-corrected chi connectivity index (χ2v) is 13.4. The fraction of sp³-hybridized carbons (Fsp3) is 0.114. The fourth-order valence-electron chi connectivity index (χ4n) is 5.24. The Morgan fingerprint density at radius 3 is 2.40 bits per heavy atom. The zero-order chi connectivity index (χ0) is 33.1. The van der Waals surface area contributed by atoms with Gasteiger partial charge in [0.05, 0.1) is 36.9 Å². The molecule has 5 aromatic rings. The van der Waals surface area contributed by atoms with Gasteiger partial charge in [0, 0.05) is 27.7 Å². The number of carbonyl (C=O) groups is 1. The van der Waals surface area contributed by atoms with Crippen LogP contribution < -0.4 is 19.6 Å². The molecule has 0 saturated heterocycles. The Morgan fingerprint density at radius 2 is 1.74 bits per heavy atom. The number of thiazole rings is 1. The highest BCUT2D eigenvalue weighted by atomic mass is 127. The standard InChI is InChI=1S/C35H25BrIN3O6S/c1-2-45-34(42)29-30(22-9-5-3-6-10-22)38-35-39(31(29)23-11-7-4-8-12-23)33(41)28(47-35)18-24-17-25(36)19-27(37)32(24)46-20-21-13-15-26(16-14-21)40(43)44/h3-19,31H,2,20H2,1H3/b28-18-/t31-/m0/s1. The maximum atomic E-state index is 14.3. The largest absolute Gasteiger partial charge is 0.487 e.